The van der Waals surface area contributed by atoms with Gasteiger partial charge in [0.25, 0.3) is 5.91 Å². The Kier molecular flexibility index (Phi) is 3.59. The lowest BCUT2D eigenvalue weighted by Gasteiger charge is -2.31. The van der Waals surface area contributed by atoms with Crippen molar-refractivity contribution in [3.63, 3.8) is 0 Å². The van der Waals surface area contributed by atoms with Crippen molar-refractivity contribution in [2.24, 2.45) is 5.92 Å². The SMILES string of the molecule is CC1CCCN(C(=O)c2cc(F)c(F)c(F)c2)C1. The van der Waals surface area contributed by atoms with Gasteiger partial charge in [0.15, 0.2) is 17.5 Å². The summed E-state index contributed by atoms with van der Waals surface area (Å²) in [4.78, 5) is 13.6. The van der Waals surface area contributed by atoms with Crippen LogP contribution in [0.1, 0.15) is 30.1 Å². The summed E-state index contributed by atoms with van der Waals surface area (Å²) in [7, 11) is 0. The first-order valence-corrected chi connectivity index (χ1v) is 5.93. The number of piperidine rings is 1. The Labute approximate surface area is 103 Å². The third-order valence-corrected chi connectivity index (χ3v) is 3.17. The zero-order valence-electron chi connectivity index (χ0n) is 10.0. The minimum atomic E-state index is -1.54. The van der Waals surface area contributed by atoms with Gasteiger partial charge in [-0.25, -0.2) is 13.2 Å². The van der Waals surface area contributed by atoms with Crippen LogP contribution in [0.4, 0.5) is 13.2 Å². The maximum Gasteiger partial charge on any atom is 0.254 e. The molecule has 1 aliphatic rings. The number of amides is 1. The maximum atomic E-state index is 13.1. The van der Waals surface area contributed by atoms with Gasteiger partial charge in [0.05, 0.1) is 0 Å². The van der Waals surface area contributed by atoms with Crippen molar-refractivity contribution in [3.8, 4) is 0 Å². The summed E-state index contributed by atoms with van der Waals surface area (Å²) in [6.45, 7) is 3.16. The van der Waals surface area contributed by atoms with E-state index >= 15 is 0 Å². The second-order valence-electron chi connectivity index (χ2n) is 4.75. The van der Waals surface area contributed by atoms with Gasteiger partial charge in [-0.3, -0.25) is 4.79 Å². The third-order valence-electron chi connectivity index (χ3n) is 3.17. The fourth-order valence-corrected chi connectivity index (χ4v) is 2.24. The number of nitrogens with zero attached hydrogens (tertiary/aromatic N) is 1. The molecule has 1 amide bonds. The fraction of sp³-hybridized carbons (Fsp3) is 0.462. The van der Waals surface area contributed by atoms with Gasteiger partial charge in [0.1, 0.15) is 0 Å². The summed E-state index contributed by atoms with van der Waals surface area (Å²) in [5.74, 6) is -4.28. The van der Waals surface area contributed by atoms with Crippen molar-refractivity contribution >= 4 is 5.91 Å². The van der Waals surface area contributed by atoms with Crippen molar-refractivity contribution in [3.05, 3.63) is 35.1 Å². The lowest BCUT2D eigenvalue weighted by atomic mass is 9.99. The topological polar surface area (TPSA) is 20.3 Å². The van der Waals surface area contributed by atoms with E-state index in [0.717, 1.165) is 25.0 Å². The van der Waals surface area contributed by atoms with Crippen LogP contribution >= 0.6 is 0 Å². The molecule has 0 radical (unpaired) electrons. The molecular formula is C13H14F3NO. The number of carbonyl (C=O) groups is 1. The first-order chi connectivity index (χ1) is 8.49. The third kappa shape index (κ3) is 2.49. The van der Waals surface area contributed by atoms with Gasteiger partial charge in [-0.2, -0.15) is 0 Å². The number of hydrogen-bond acceptors (Lipinski definition) is 1. The lowest BCUT2D eigenvalue weighted by Crippen LogP contribution is -2.39. The van der Waals surface area contributed by atoms with Crippen LogP contribution in [0.5, 0.6) is 0 Å². The van der Waals surface area contributed by atoms with Crippen LogP contribution < -0.4 is 0 Å². The van der Waals surface area contributed by atoms with Crippen molar-refractivity contribution in [2.45, 2.75) is 19.8 Å². The number of rotatable bonds is 1. The molecule has 0 aromatic heterocycles. The second kappa shape index (κ2) is 5.00. The highest BCUT2D eigenvalue weighted by Crippen LogP contribution is 2.20. The van der Waals surface area contributed by atoms with E-state index in [9.17, 15) is 18.0 Å². The molecule has 5 heteroatoms. The number of benzene rings is 1. The Morgan fingerprint density at radius 2 is 1.89 bits per heavy atom. The van der Waals surface area contributed by atoms with Crippen LogP contribution in [0.3, 0.4) is 0 Å². The Bertz CT molecular complexity index is 452. The smallest absolute Gasteiger partial charge is 0.254 e. The Morgan fingerprint density at radius 3 is 2.44 bits per heavy atom. The lowest BCUT2D eigenvalue weighted by molar-refractivity contribution is 0.0682. The molecule has 2 rings (SSSR count). The molecule has 0 spiro atoms. The molecule has 0 bridgehead atoms. The quantitative estimate of drug-likeness (QED) is 0.708. The highest BCUT2D eigenvalue weighted by molar-refractivity contribution is 5.94. The normalized spacial score (nSPS) is 20.0. The molecule has 0 aliphatic carbocycles. The van der Waals surface area contributed by atoms with Crippen LogP contribution in [0.25, 0.3) is 0 Å². The molecule has 0 N–H and O–H groups in total. The molecule has 1 aromatic carbocycles. The number of hydrogen-bond donors (Lipinski definition) is 0. The Morgan fingerprint density at radius 1 is 1.28 bits per heavy atom. The van der Waals surface area contributed by atoms with Gasteiger partial charge in [0.2, 0.25) is 0 Å². The van der Waals surface area contributed by atoms with E-state index in [-0.39, 0.29) is 5.56 Å². The van der Waals surface area contributed by atoms with E-state index in [2.05, 4.69) is 0 Å². The number of likely N-dealkylation sites (tertiary alicyclic amines) is 1. The van der Waals surface area contributed by atoms with Gasteiger partial charge in [-0.15, -0.1) is 0 Å². The predicted octanol–water partition coefficient (Wildman–Crippen LogP) is 2.98. The van der Waals surface area contributed by atoms with Gasteiger partial charge >= 0.3 is 0 Å². The van der Waals surface area contributed by atoms with Crippen LogP contribution in [0.15, 0.2) is 12.1 Å². The van der Waals surface area contributed by atoms with E-state index in [1.165, 1.54) is 0 Å². The average Bonchev–Trinajstić information content (AvgIpc) is 2.34. The van der Waals surface area contributed by atoms with Crippen LogP contribution in [-0.4, -0.2) is 23.9 Å². The molecule has 1 saturated heterocycles. The molecule has 18 heavy (non-hydrogen) atoms. The van der Waals surface area contributed by atoms with Crippen molar-refractivity contribution in [2.75, 3.05) is 13.1 Å². The van der Waals surface area contributed by atoms with Crippen LogP contribution in [0.2, 0.25) is 0 Å². The molecule has 1 aromatic rings. The highest BCUT2D eigenvalue weighted by Gasteiger charge is 2.24. The molecule has 0 saturated carbocycles. The molecule has 1 atom stereocenters. The standard InChI is InChI=1S/C13H14F3NO/c1-8-3-2-4-17(7-8)13(18)9-5-10(14)12(16)11(15)6-9/h5-6,8H,2-4,7H2,1H3. The van der Waals surface area contributed by atoms with E-state index in [0.29, 0.717) is 19.0 Å². The zero-order valence-corrected chi connectivity index (χ0v) is 10.0. The zero-order chi connectivity index (χ0) is 13.3. The van der Waals surface area contributed by atoms with Crippen molar-refractivity contribution in [1.82, 2.24) is 4.90 Å². The summed E-state index contributed by atoms with van der Waals surface area (Å²) in [5, 5.41) is 0. The van der Waals surface area contributed by atoms with Gasteiger partial charge in [-0.1, -0.05) is 6.92 Å². The van der Waals surface area contributed by atoms with Crippen molar-refractivity contribution in [1.29, 1.82) is 0 Å². The predicted molar refractivity (Wildman–Crippen MR) is 60.6 cm³/mol. The Hall–Kier alpha value is -1.52. The molecule has 1 unspecified atom stereocenters. The summed E-state index contributed by atoms with van der Waals surface area (Å²) in [5.41, 5.74) is -0.138. The first kappa shape index (κ1) is 12.9. The van der Waals surface area contributed by atoms with E-state index in [1.807, 2.05) is 6.92 Å². The molecule has 98 valence electrons. The molecule has 1 aliphatic heterocycles. The monoisotopic (exact) mass is 257 g/mol. The summed E-state index contributed by atoms with van der Waals surface area (Å²) >= 11 is 0. The van der Waals surface area contributed by atoms with Crippen LogP contribution in [-0.2, 0) is 0 Å². The highest BCUT2D eigenvalue weighted by atomic mass is 19.2. The second-order valence-corrected chi connectivity index (χ2v) is 4.75. The molecular weight excluding hydrogens is 243 g/mol. The van der Waals surface area contributed by atoms with E-state index < -0.39 is 23.4 Å². The Balaban J connectivity index is 2.23. The molecule has 2 nitrogen and oxygen atoms in total. The summed E-state index contributed by atoms with van der Waals surface area (Å²) in [6.07, 6.45) is 1.91. The number of halogens is 3. The molecule has 1 fully saturated rings. The first-order valence-electron chi connectivity index (χ1n) is 5.93. The largest absolute Gasteiger partial charge is 0.338 e. The minimum absolute atomic E-state index is 0.138. The number of carbonyl (C=O) groups excluding carboxylic acids is 1. The van der Waals surface area contributed by atoms with Gasteiger partial charge in [-0.05, 0) is 30.9 Å². The van der Waals surface area contributed by atoms with E-state index in [4.69, 9.17) is 0 Å². The van der Waals surface area contributed by atoms with Crippen molar-refractivity contribution < 1.29 is 18.0 Å². The van der Waals surface area contributed by atoms with E-state index in [1.54, 1.807) is 4.90 Å². The van der Waals surface area contributed by atoms with Gasteiger partial charge < -0.3 is 4.90 Å². The average molecular weight is 257 g/mol. The minimum Gasteiger partial charge on any atom is -0.338 e. The van der Waals surface area contributed by atoms with Crippen LogP contribution in [0, 0.1) is 23.4 Å². The summed E-state index contributed by atoms with van der Waals surface area (Å²) in [6, 6.07) is 1.50. The fourth-order valence-electron chi connectivity index (χ4n) is 2.24. The maximum absolute atomic E-state index is 13.1. The van der Waals surface area contributed by atoms with Gasteiger partial charge in [0, 0.05) is 18.7 Å². The summed E-state index contributed by atoms with van der Waals surface area (Å²) < 4.78 is 38.9. The molecule has 1 heterocycles.